The number of hydrogen-bond acceptors (Lipinski definition) is 3. The molecule has 0 radical (unpaired) electrons. The smallest absolute Gasteiger partial charge is 0.224 e. The van der Waals surface area contributed by atoms with Gasteiger partial charge in [0.05, 0.1) is 18.5 Å². The summed E-state index contributed by atoms with van der Waals surface area (Å²) in [6.45, 7) is 5.36. The Morgan fingerprint density at radius 2 is 2.08 bits per heavy atom. The predicted octanol–water partition coefficient (Wildman–Crippen LogP) is 3.56. The first kappa shape index (κ1) is 16.6. The highest BCUT2D eigenvalue weighted by Gasteiger charge is 2.45. The minimum absolute atomic E-state index is 0.0408. The maximum atomic E-state index is 12.3. The van der Waals surface area contributed by atoms with E-state index in [1.807, 2.05) is 35.9 Å². The molecule has 1 saturated carbocycles. The number of carbonyl (C=O) groups is 1. The van der Waals surface area contributed by atoms with Crippen LogP contribution in [0.15, 0.2) is 53.1 Å². The van der Waals surface area contributed by atoms with Crippen molar-refractivity contribution >= 4 is 5.91 Å². The molecule has 0 aliphatic heterocycles. The summed E-state index contributed by atoms with van der Waals surface area (Å²) >= 11 is 0. The van der Waals surface area contributed by atoms with Gasteiger partial charge in [0.25, 0.3) is 0 Å². The Morgan fingerprint density at radius 3 is 2.81 bits per heavy atom. The van der Waals surface area contributed by atoms with E-state index in [9.17, 15) is 4.79 Å². The van der Waals surface area contributed by atoms with E-state index in [4.69, 9.17) is 4.42 Å². The number of hydrogen-bond donors (Lipinski definition) is 1. The number of aryl methyl sites for hydroxylation is 2. The molecule has 4 rings (SSSR count). The van der Waals surface area contributed by atoms with Crippen molar-refractivity contribution in [1.29, 1.82) is 0 Å². The Balaban J connectivity index is 1.34. The fourth-order valence-electron chi connectivity index (χ4n) is 3.47. The molecule has 1 aromatic carbocycles. The minimum atomic E-state index is 0.0408. The van der Waals surface area contributed by atoms with Crippen LogP contribution in [0.1, 0.15) is 40.6 Å². The highest BCUT2D eigenvalue weighted by Crippen LogP contribution is 2.47. The van der Waals surface area contributed by atoms with Crippen LogP contribution in [0, 0.1) is 19.8 Å². The summed E-state index contributed by atoms with van der Waals surface area (Å²) in [7, 11) is 0. The lowest BCUT2D eigenvalue weighted by molar-refractivity contribution is -0.122. The van der Waals surface area contributed by atoms with Crippen LogP contribution in [0.5, 0.6) is 0 Å². The summed E-state index contributed by atoms with van der Waals surface area (Å²) in [4.78, 5) is 12.3. The van der Waals surface area contributed by atoms with Crippen molar-refractivity contribution in [2.45, 2.75) is 39.3 Å². The molecule has 2 atom stereocenters. The molecule has 1 aliphatic rings. The van der Waals surface area contributed by atoms with Gasteiger partial charge in [0, 0.05) is 24.1 Å². The predicted molar refractivity (Wildman–Crippen MR) is 98.6 cm³/mol. The summed E-state index contributed by atoms with van der Waals surface area (Å²) in [5, 5.41) is 7.57. The maximum absolute atomic E-state index is 12.3. The van der Waals surface area contributed by atoms with Crippen molar-refractivity contribution in [3.05, 3.63) is 77.0 Å². The lowest BCUT2D eigenvalue weighted by Gasteiger charge is -2.09. The second-order valence-corrected chi connectivity index (χ2v) is 7.09. The molecule has 1 fully saturated rings. The second-order valence-electron chi connectivity index (χ2n) is 7.09. The van der Waals surface area contributed by atoms with Crippen LogP contribution >= 0.6 is 0 Å². The van der Waals surface area contributed by atoms with Crippen molar-refractivity contribution in [3.8, 4) is 0 Å². The molecule has 3 aromatic rings. The third kappa shape index (κ3) is 3.57. The highest BCUT2D eigenvalue weighted by atomic mass is 16.3. The lowest BCUT2D eigenvalue weighted by Crippen LogP contribution is -2.24. The lowest BCUT2D eigenvalue weighted by atomic mass is 10.1. The molecular weight excluding hydrogens is 326 g/mol. The Morgan fingerprint density at radius 1 is 1.23 bits per heavy atom. The molecule has 1 amide bonds. The number of nitrogens with zero attached hydrogens (tertiary/aromatic N) is 2. The Kier molecular flexibility index (Phi) is 4.37. The maximum Gasteiger partial charge on any atom is 0.224 e. The van der Waals surface area contributed by atoms with E-state index in [1.165, 1.54) is 5.56 Å². The standard InChI is InChI=1S/C21H23N3O2/c1-14-9-15(2)24(23-14)13-17-6-3-5-16(10-17)12-22-21(25)19-11-18(19)20-7-4-8-26-20/h3-10,18-19H,11-13H2,1-2H3,(H,22,25)/t18-,19-/m1/s1. The number of benzene rings is 1. The third-order valence-corrected chi connectivity index (χ3v) is 4.93. The molecular formula is C21H23N3O2. The molecule has 1 aliphatic carbocycles. The van der Waals surface area contributed by atoms with E-state index in [0.717, 1.165) is 35.7 Å². The SMILES string of the molecule is Cc1cc(C)n(Cc2cccc(CNC(=O)[C@@H]3C[C@H]3c3ccco3)c2)n1. The molecule has 2 aromatic heterocycles. The molecule has 0 unspecified atom stereocenters. The van der Waals surface area contributed by atoms with Crippen molar-refractivity contribution in [3.63, 3.8) is 0 Å². The van der Waals surface area contributed by atoms with E-state index in [2.05, 4.69) is 35.5 Å². The van der Waals surface area contributed by atoms with Gasteiger partial charge >= 0.3 is 0 Å². The molecule has 134 valence electrons. The third-order valence-electron chi connectivity index (χ3n) is 4.93. The van der Waals surface area contributed by atoms with E-state index >= 15 is 0 Å². The van der Waals surface area contributed by atoms with Crippen LogP contribution in [-0.2, 0) is 17.9 Å². The zero-order valence-corrected chi connectivity index (χ0v) is 15.1. The van der Waals surface area contributed by atoms with Crippen LogP contribution in [-0.4, -0.2) is 15.7 Å². The van der Waals surface area contributed by atoms with Gasteiger partial charge in [-0.25, -0.2) is 0 Å². The normalized spacial score (nSPS) is 18.7. The largest absolute Gasteiger partial charge is 0.469 e. The summed E-state index contributed by atoms with van der Waals surface area (Å²) < 4.78 is 7.40. The summed E-state index contributed by atoms with van der Waals surface area (Å²) in [5.74, 6) is 1.30. The second kappa shape index (κ2) is 6.83. The van der Waals surface area contributed by atoms with Crippen LogP contribution in [0.2, 0.25) is 0 Å². The number of carbonyl (C=O) groups excluding carboxylic acids is 1. The molecule has 26 heavy (non-hydrogen) atoms. The van der Waals surface area contributed by atoms with Gasteiger partial charge in [0.1, 0.15) is 5.76 Å². The van der Waals surface area contributed by atoms with Gasteiger partial charge in [-0.05, 0) is 49.6 Å². The minimum Gasteiger partial charge on any atom is -0.469 e. The summed E-state index contributed by atoms with van der Waals surface area (Å²) in [5.41, 5.74) is 4.47. The van der Waals surface area contributed by atoms with Gasteiger partial charge in [-0.15, -0.1) is 0 Å². The van der Waals surface area contributed by atoms with E-state index < -0.39 is 0 Å². The van der Waals surface area contributed by atoms with Gasteiger partial charge in [0.2, 0.25) is 5.91 Å². The zero-order valence-electron chi connectivity index (χ0n) is 15.1. The fourth-order valence-corrected chi connectivity index (χ4v) is 3.47. The van der Waals surface area contributed by atoms with Gasteiger partial charge < -0.3 is 9.73 Å². The zero-order chi connectivity index (χ0) is 18.1. The first-order valence-electron chi connectivity index (χ1n) is 9.00. The van der Waals surface area contributed by atoms with Crippen LogP contribution in [0.25, 0.3) is 0 Å². The Labute approximate surface area is 153 Å². The number of amides is 1. The van der Waals surface area contributed by atoms with Gasteiger partial charge in [-0.3, -0.25) is 9.48 Å². The quantitative estimate of drug-likeness (QED) is 0.740. The molecule has 5 heteroatoms. The molecule has 0 spiro atoms. The average molecular weight is 349 g/mol. The summed E-state index contributed by atoms with van der Waals surface area (Å²) in [6, 6.07) is 14.2. The average Bonchev–Trinajstić information content (AvgIpc) is 3.10. The van der Waals surface area contributed by atoms with E-state index in [-0.39, 0.29) is 17.7 Å². The molecule has 1 N–H and O–H groups in total. The number of furan rings is 1. The van der Waals surface area contributed by atoms with Crippen molar-refractivity contribution < 1.29 is 9.21 Å². The number of aromatic nitrogens is 2. The van der Waals surface area contributed by atoms with Crippen LogP contribution < -0.4 is 5.32 Å². The number of nitrogens with one attached hydrogen (secondary N) is 1. The molecule has 5 nitrogen and oxygen atoms in total. The van der Waals surface area contributed by atoms with E-state index in [0.29, 0.717) is 6.54 Å². The van der Waals surface area contributed by atoms with Gasteiger partial charge in [0.15, 0.2) is 0 Å². The number of rotatable bonds is 6. The molecule has 2 heterocycles. The van der Waals surface area contributed by atoms with Crippen molar-refractivity contribution in [1.82, 2.24) is 15.1 Å². The van der Waals surface area contributed by atoms with Crippen molar-refractivity contribution in [2.75, 3.05) is 0 Å². The monoisotopic (exact) mass is 349 g/mol. The van der Waals surface area contributed by atoms with Crippen molar-refractivity contribution in [2.24, 2.45) is 5.92 Å². The van der Waals surface area contributed by atoms with Crippen LogP contribution in [0.3, 0.4) is 0 Å². The van der Waals surface area contributed by atoms with Gasteiger partial charge in [-0.2, -0.15) is 5.10 Å². The topological polar surface area (TPSA) is 60.1 Å². The Hall–Kier alpha value is -2.82. The first-order valence-corrected chi connectivity index (χ1v) is 9.00. The summed E-state index contributed by atoms with van der Waals surface area (Å²) in [6.07, 6.45) is 2.54. The van der Waals surface area contributed by atoms with Gasteiger partial charge in [-0.1, -0.05) is 24.3 Å². The highest BCUT2D eigenvalue weighted by molar-refractivity contribution is 5.82. The van der Waals surface area contributed by atoms with E-state index in [1.54, 1.807) is 6.26 Å². The van der Waals surface area contributed by atoms with Crippen LogP contribution in [0.4, 0.5) is 0 Å². The first-order chi connectivity index (χ1) is 12.6. The molecule has 0 saturated heterocycles. The molecule has 0 bridgehead atoms. The Bertz CT molecular complexity index is 911. The fraction of sp³-hybridized carbons (Fsp3) is 0.333.